The van der Waals surface area contributed by atoms with Gasteiger partial charge in [0.05, 0.1) is 11.6 Å². The molecule has 0 saturated carbocycles. The fourth-order valence-corrected chi connectivity index (χ4v) is 2.61. The molecule has 1 atom stereocenters. The SMILES string of the molecule is C[C@@H](C(=O)Nc1ccc(C#N)cc1)[n+]1ccc(C(=O)c2ccccc2)cc1. The molecule has 0 bridgehead atoms. The van der Waals surface area contributed by atoms with Crippen LogP contribution in [0.2, 0.25) is 0 Å². The Hall–Kier alpha value is -3.78. The Morgan fingerprint density at radius 3 is 2.11 bits per heavy atom. The first-order chi connectivity index (χ1) is 13.1. The smallest absolute Gasteiger partial charge is 0.293 e. The maximum Gasteiger partial charge on any atom is 0.293 e. The molecule has 0 aliphatic carbocycles. The zero-order valence-corrected chi connectivity index (χ0v) is 14.8. The van der Waals surface area contributed by atoms with Gasteiger partial charge in [-0.2, -0.15) is 9.83 Å². The van der Waals surface area contributed by atoms with Crippen LogP contribution in [0.4, 0.5) is 5.69 Å². The van der Waals surface area contributed by atoms with E-state index in [0.717, 1.165) is 0 Å². The third-order valence-corrected chi connectivity index (χ3v) is 4.26. The van der Waals surface area contributed by atoms with E-state index in [1.54, 1.807) is 72.4 Å². The number of carbonyl (C=O) groups excluding carboxylic acids is 2. The highest BCUT2D eigenvalue weighted by atomic mass is 16.2. The number of carbonyl (C=O) groups is 2. The number of nitrogens with one attached hydrogen (secondary N) is 1. The first-order valence-electron chi connectivity index (χ1n) is 8.50. The van der Waals surface area contributed by atoms with Crippen molar-refractivity contribution in [3.05, 3.63) is 95.8 Å². The number of benzene rings is 2. The Kier molecular flexibility index (Phi) is 5.38. The number of pyridine rings is 1. The Labute approximate surface area is 157 Å². The minimum absolute atomic E-state index is 0.0579. The monoisotopic (exact) mass is 356 g/mol. The fraction of sp³-hybridized carbons (Fsp3) is 0.0909. The van der Waals surface area contributed by atoms with Crippen molar-refractivity contribution in [2.45, 2.75) is 13.0 Å². The fourth-order valence-electron chi connectivity index (χ4n) is 2.61. The number of ketones is 1. The van der Waals surface area contributed by atoms with Gasteiger partial charge in [0, 0.05) is 35.9 Å². The summed E-state index contributed by atoms with van der Waals surface area (Å²) in [5, 5.41) is 11.6. The molecule has 0 saturated heterocycles. The summed E-state index contributed by atoms with van der Waals surface area (Å²) < 4.78 is 1.74. The summed E-state index contributed by atoms with van der Waals surface area (Å²) in [7, 11) is 0. The van der Waals surface area contributed by atoms with Crippen LogP contribution in [0.25, 0.3) is 0 Å². The van der Waals surface area contributed by atoms with Crippen LogP contribution < -0.4 is 9.88 Å². The summed E-state index contributed by atoms with van der Waals surface area (Å²) >= 11 is 0. The molecule has 0 unspecified atom stereocenters. The van der Waals surface area contributed by atoms with Gasteiger partial charge in [-0.1, -0.05) is 30.3 Å². The summed E-state index contributed by atoms with van der Waals surface area (Å²) in [5.41, 5.74) is 2.36. The Morgan fingerprint density at radius 2 is 1.52 bits per heavy atom. The maximum absolute atomic E-state index is 12.4. The number of amides is 1. The number of nitrogens with zero attached hydrogens (tertiary/aromatic N) is 2. The number of rotatable bonds is 5. The highest BCUT2D eigenvalue weighted by Crippen LogP contribution is 2.11. The van der Waals surface area contributed by atoms with E-state index >= 15 is 0 Å². The van der Waals surface area contributed by atoms with Gasteiger partial charge in [0.2, 0.25) is 6.04 Å². The predicted octanol–water partition coefficient (Wildman–Crippen LogP) is 3.28. The third-order valence-electron chi connectivity index (χ3n) is 4.26. The topological polar surface area (TPSA) is 73.8 Å². The van der Waals surface area contributed by atoms with E-state index < -0.39 is 6.04 Å². The van der Waals surface area contributed by atoms with Crippen LogP contribution in [-0.4, -0.2) is 11.7 Å². The molecule has 132 valence electrons. The summed E-state index contributed by atoms with van der Waals surface area (Å²) in [6.07, 6.45) is 3.44. The quantitative estimate of drug-likeness (QED) is 0.563. The summed E-state index contributed by atoms with van der Waals surface area (Å²) in [5.74, 6) is -0.246. The number of nitriles is 1. The molecule has 1 N–H and O–H groups in total. The summed E-state index contributed by atoms with van der Waals surface area (Å²) in [6, 6.07) is 20.7. The molecule has 2 aromatic carbocycles. The van der Waals surface area contributed by atoms with E-state index in [2.05, 4.69) is 5.32 Å². The molecule has 0 aliphatic rings. The number of aromatic nitrogens is 1. The van der Waals surface area contributed by atoms with Crippen LogP contribution in [0.1, 0.15) is 34.5 Å². The lowest BCUT2D eigenvalue weighted by Crippen LogP contribution is -2.44. The van der Waals surface area contributed by atoms with Gasteiger partial charge in [-0.05, 0) is 24.3 Å². The Morgan fingerprint density at radius 1 is 0.926 bits per heavy atom. The lowest BCUT2D eigenvalue weighted by atomic mass is 10.0. The van der Waals surface area contributed by atoms with Crippen molar-refractivity contribution in [2.75, 3.05) is 5.32 Å². The van der Waals surface area contributed by atoms with E-state index in [1.807, 2.05) is 24.3 Å². The number of hydrogen-bond acceptors (Lipinski definition) is 3. The van der Waals surface area contributed by atoms with E-state index in [-0.39, 0.29) is 11.7 Å². The zero-order chi connectivity index (χ0) is 19.2. The van der Waals surface area contributed by atoms with Gasteiger partial charge in [-0.3, -0.25) is 9.59 Å². The van der Waals surface area contributed by atoms with Crippen LogP contribution in [-0.2, 0) is 4.79 Å². The molecule has 27 heavy (non-hydrogen) atoms. The van der Waals surface area contributed by atoms with Crippen LogP contribution in [0.15, 0.2) is 79.1 Å². The van der Waals surface area contributed by atoms with Crippen molar-refractivity contribution in [3.63, 3.8) is 0 Å². The molecule has 5 nitrogen and oxygen atoms in total. The molecule has 1 heterocycles. The third kappa shape index (κ3) is 4.25. The maximum atomic E-state index is 12.4. The molecule has 0 radical (unpaired) electrons. The lowest BCUT2D eigenvalue weighted by Gasteiger charge is -2.09. The van der Waals surface area contributed by atoms with Crippen molar-refractivity contribution in [2.24, 2.45) is 0 Å². The van der Waals surface area contributed by atoms with Gasteiger partial charge in [-0.25, -0.2) is 0 Å². The van der Waals surface area contributed by atoms with Gasteiger partial charge >= 0.3 is 0 Å². The van der Waals surface area contributed by atoms with Crippen LogP contribution in [0, 0.1) is 11.3 Å². The second-order valence-corrected chi connectivity index (χ2v) is 6.08. The van der Waals surface area contributed by atoms with Crippen molar-refractivity contribution < 1.29 is 14.2 Å². The zero-order valence-electron chi connectivity index (χ0n) is 14.8. The van der Waals surface area contributed by atoms with Gasteiger partial charge in [0.25, 0.3) is 5.91 Å². The molecule has 1 amide bonds. The molecular formula is C22H18N3O2+. The van der Waals surface area contributed by atoms with E-state index in [9.17, 15) is 9.59 Å². The van der Waals surface area contributed by atoms with Crippen molar-refractivity contribution in [1.82, 2.24) is 0 Å². The normalized spacial score (nSPS) is 11.3. The van der Waals surface area contributed by atoms with Gasteiger partial charge in [-0.15, -0.1) is 0 Å². The van der Waals surface area contributed by atoms with Crippen LogP contribution in [0.3, 0.4) is 0 Å². The number of anilines is 1. The first-order valence-corrected chi connectivity index (χ1v) is 8.50. The highest BCUT2D eigenvalue weighted by Gasteiger charge is 2.22. The standard InChI is InChI=1S/C22H17N3O2/c1-16(22(27)24-20-9-7-17(15-23)8-10-20)25-13-11-19(12-14-25)21(26)18-5-3-2-4-6-18/h2-14,16H,1H3/p+1/t16-/m0/s1. The van der Waals surface area contributed by atoms with E-state index in [1.165, 1.54) is 0 Å². The highest BCUT2D eigenvalue weighted by molar-refractivity contribution is 6.08. The van der Waals surface area contributed by atoms with E-state index in [0.29, 0.717) is 22.4 Å². The Bertz CT molecular complexity index is 988. The predicted molar refractivity (Wildman–Crippen MR) is 101 cm³/mol. The van der Waals surface area contributed by atoms with Crippen LogP contribution >= 0.6 is 0 Å². The number of hydrogen-bond donors (Lipinski definition) is 1. The summed E-state index contributed by atoms with van der Waals surface area (Å²) in [6.45, 7) is 1.78. The second-order valence-electron chi connectivity index (χ2n) is 6.08. The average molecular weight is 356 g/mol. The second kappa shape index (κ2) is 8.07. The molecule has 0 spiro atoms. The first kappa shape index (κ1) is 18.0. The average Bonchev–Trinajstić information content (AvgIpc) is 2.74. The largest absolute Gasteiger partial charge is 0.320 e. The minimum Gasteiger partial charge on any atom is -0.320 e. The molecule has 3 rings (SSSR count). The molecule has 0 fully saturated rings. The van der Waals surface area contributed by atoms with Crippen molar-refractivity contribution in [3.8, 4) is 6.07 Å². The van der Waals surface area contributed by atoms with Crippen molar-refractivity contribution >= 4 is 17.4 Å². The van der Waals surface area contributed by atoms with Gasteiger partial charge < -0.3 is 5.32 Å². The van der Waals surface area contributed by atoms with Crippen LogP contribution in [0.5, 0.6) is 0 Å². The molecular weight excluding hydrogens is 338 g/mol. The molecule has 1 aromatic heterocycles. The minimum atomic E-state index is -0.457. The summed E-state index contributed by atoms with van der Waals surface area (Å²) in [4.78, 5) is 24.9. The Balaban J connectivity index is 1.69. The van der Waals surface area contributed by atoms with E-state index in [4.69, 9.17) is 5.26 Å². The van der Waals surface area contributed by atoms with Gasteiger partial charge in [0.1, 0.15) is 0 Å². The molecule has 0 aliphatic heterocycles. The molecule has 3 aromatic rings. The lowest BCUT2D eigenvalue weighted by molar-refractivity contribution is -0.705. The van der Waals surface area contributed by atoms with Crippen molar-refractivity contribution in [1.29, 1.82) is 5.26 Å². The van der Waals surface area contributed by atoms with Gasteiger partial charge in [0.15, 0.2) is 18.2 Å². The molecule has 5 heteroatoms.